The van der Waals surface area contributed by atoms with E-state index in [2.05, 4.69) is 20.8 Å². The number of piperidine rings is 1. The Morgan fingerprint density at radius 3 is 2.52 bits per heavy atom. The van der Waals surface area contributed by atoms with Gasteiger partial charge in [0.05, 0.1) is 59.5 Å². The zero-order chi connectivity index (χ0) is 48.1. The third-order valence-corrected chi connectivity index (χ3v) is 14.3. The number of nitro groups is 1. The maximum atomic E-state index is 14.4. The molecule has 0 radical (unpaired) electrons. The van der Waals surface area contributed by atoms with Crippen LogP contribution in [0.4, 0.5) is 5.69 Å². The van der Waals surface area contributed by atoms with E-state index in [-0.39, 0.29) is 44.0 Å². The predicted molar refractivity (Wildman–Crippen MR) is 239 cm³/mol. The standard InChI is InChI=1S/C46H71N7O13/c1-9-37-46(7,59)41(57)27(3)38(49-66-35-11-10-17-47-22-35)31-21-45(6,62-25-31)42(28(4)39(55)29(5)43(58)64-37)65-44-40(56)36(19-26(2)63-44)51(8)18-16-32-23-52(50-48-32)34(24-54)20-30-12-14-33(15-13-30)53(60)61/h12-15,23,26-29,31,34-37,40-42,44,47,54,56-57,59H,9-11,16-22,24-25H2,1-8H3/b49-38-/t26-,27+,28+,29-,31+,34+,35-,36+,37-,40-,41-,42-,44+,45-,46-/m1/s1. The first-order chi connectivity index (χ1) is 31.3. The monoisotopic (exact) mass is 930 g/mol. The number of hydrogen-bond donors (Lipinski definition) is 5. The van der Waals surface area contributed by atoms with Crippen molar-refractivity contribution < 1.29 is 58.7 Å². The van der Waals surface area contributed by atoms with Crippen LogP contribution in [0.15, 0.2) is 35.6 Å². The van der Waals surface area contributed by atoms with Gasteiger partial charge in [0.15, 0.2) is 12.1 Å². The van der Waals surface area contributed by atoms with Gasteiger partial charge in [-0.05, 0) is 85.4 Å². The minimum absolute atomic E-state index is 0.0178. The van der Waals surface area contributed by atoms with Gasteiger partial charge in [-0.1, -0.05) is 43.3 Å². The lowest BCUT2D eigenvalue weighted by molar-refractivity contribution is -0.384. The summed E-state index contributed by atoms with van der Waals surface area (Å²) in [5.74, 6) is -4.80. The number of ether oxygens (including phenoxy) is 4. The lowest BCUT2D eigenvalue weighted by Crippen LogP contribution is -2.59. The normalized spacial score (nSPS) is 37.1. The second-order valence-corrected chi connectivity index (χ2v) is 19.4. The molecule has 0 spiro atoms. The van der Waals surface area contributed by atoms with Gasteiger partial charge in [0.2, 0.25) is 0 Å². The molecule has 2 aromatic rings. The summed E-state index contributed by atoms with van der Waals surface area (Å²) < 4.78 is 27.1. The highest BCUT2D eigenvalue weighted by molar-refractivity contribution is 6.00. The highest BCUT2D eigenvalue weighted by Crippen LogP contribution is 2.43. The smallest absolute Gasteiger partial charge is 0.316 e. The van der Waals surface area contributed by atoms with E-state index in [1.165, 1.54) is 26.0 Å². The van der Waals surface area contributed by atoms with E-state index in [9.17, 15) is 40.1 Å². The number of rotatable bonds is 14. The summed E-state index contributed by atoms with van der Waals surface area (Å²) in [6.07, 6.45) is -1.42. The highest BCUT2D eigenvalue weighted by atomic mass is 16.7. The molecule has 2 bridgehead atoms. The minimum atomic E-state index is -1.92. The SMILES string of the molecule is CC[C@H]1OC(=O)[C@H](C)C(=O)[C@H](C)[C@@H](O[C@@H]2O[C@H](C)C[C@H](N(C)CCc3cn([C@H](CO)Cc4ccc([N+](=O)[O-])cc4)nn3)[C@H]2O)[C@@]2(C)C[C@@H](CO2)/C(=N\O[C@@H]2CCCNC2)[C@H](C)[C@@H](O)[C@]1(C)O. The molecule has 1 aromatic heterocycles. The van der Waals surface area contributed by atoms with E-state index in [4.69, 9.17) is 23.8 Å². The van der Waals surface area contributed by atoms with Crippen molar-refractivity contribution in [3.8, 4) is 0 Å². The zero-order valence-electron chi connectivity index (χ0n) is 39.5. The van der Waals surface area contributed by atoms with Crippen LogP contribution in [-0.2, 0) is 46.2 Å². The van der Waals surface area contributed by atoms with Crippen molar-refractivity contribution in [3.05, 3.63) is 51.8 Å². The molecule has 15 atom stereocenters. The molecule has 6 rings (SSSR count). The Balaban J connectivity index is 1.21. The van der Waals surface area contributed by atoms with Crippen LogP contribution in [0.1, 0.15) is 97.9 Å². The van der Waals surface area contributed by atoms with E-state index in [1.807, 2.05) is 25.8 Å². The lowest BCUT2D eigenvalue weighted by Gasteiger charge is -2.46. The first-order valence-corrected chi connectivity index (χ1v) is 23.4. The van der Waals surface area contributed by atoms with Crippen molar-refractivity contribution >= 4 is 23.2 Å². The van der Waals surface area contributed by atoms with Gasteiger partial charge in [0.1, 0.15) is 29.8 Å². The van der Waals surface area contributed by atoms with Gasteiger partial charge in [-0.25, -0.2) is 4.68 Å². The van der Waals surface area contributed by atoms with Crippen LogP contribution >= 0.6 is 0 Å². The number of carbonyl (C=O) groups excluding carboxylic acids is 2. The van der Waals surface area contributed by atoms with Crippen molar-refractivity contribution in [2.24, 2.45) is 28.8 Å². The quantitative estimate of drug-likeness (QED) is 0.0789. The molecule has 0 aliphatic carbocycles. The minimum Gasteiger partial charge on any atom is -0.459 e. The molecule has 4 saturated heterocycles. The molecule has 20 heteroatoms. The number of hydrogen-bond acceptors (Lipinski definition) is 18. The number of nitro benzene ring substituents is 1. The summed E-state index contributed by atoms with van der Waals surface area (Å²) in [6.45, 7) is 13.6. The Hall–Kier alpha value is -3.99. The largest absolute Gasteiger partial charge is 0.459 e. The number of carbonyl (C=O) groups is 2. The van der Waals surface area contributed by atoms with Crippen LogP contribution in [-0.4, -0.2) is 163 Å². The lowest BCUT2D eigenvalue weighted by atomic mass is 9.75. The molecule has 4 aliphatic rings. The molecule has 5 N–H and O–H groups in total. The molecule has 4 fully saturated rings. The molecule has 4 aliphatic heterocycles. The Morgan fingerprint density at radius 2 is 1.86 bits per heavy atom. The second-order valence-electron chi connectivity index (χ2n) is 19.4. The molecule has 0 saturated carbocycles. The number of esters is 1. The van der Waals surface area contributed by atoms with Crippen molar-refractivity contribution in [2.75, 3.05) is 39.9 Å². The van der Waals surface area contributed by atoms with Crippen LogP contribution in [0.2, 0.25) is 0 Å². The number of benzene rings is 1. The topological polar surface area (TPSA) is 263 Å². The van der Waals surface area contributed by atoms with Gasteiger partial charge in [-0.15, -0.1) is 5.10 Å². The van der Waals surface area contributed by atoms with Crippen molar-refractivity contribution in [1.82, 2.24) is 25.2 Å². The maximum absolute atomic E-state index is 14.4. The number of aliphatic hydroxyl groups excluding tert-OH is 3. The first-order valence-electron chi connectivity index (χ1n) is 23.4. The van der Waals surface area contributed by atoms with Crippen LogP contribution in [0.3, 0.4) is 0 Å². The van der Waals surface area contributed by atoms with Gasteiger partial charge in [-0.2, -0.15) is 0 Å². The number of Topliss-reactive ketones (excluding diaryl/α,β-unsaturated/α-hetero) is 1. The number of aromatic nitrogens is 3. The Morgan fingerprint density at radius 1 is 1.14 bits per heavy atom. The number of oxime groups is 1. The number of non-ortho nitro benzene ring substituents is 1. The molecule has 5 heterocycles. The van der Waals surface area contributed by atoms with E-state index in [0.29, 0.717) is 43.8 Å². The van der Waals surface area contributed by atoms with Gasteiger partial charge in [-0.3, -0.25) is 19.7 Å². The number of nitrogens with one attached hydrogen (secondary N) is 1. The summed E-state index contributed by atoms with van der Waals surface area (Å²) in [7, 11) is 1.88. The molecule has 0 amide bonds. The fraction of sp³-hybridized carbons (Fsp3) is 0.761. The van der Waals surface area contributed by atoms with E-state index in [1.54, 1.807) is 43.8 Å². The fourth-order valence-electron chi connectivity index (χ4n) is 10.1. The van der Waals surface area contributed by atoms with Gasteiger partial charge < -0.3 is 54.4 Å². The van der Waals surface area contributed by atoms with Crippen LogP contribution < -0.4 is 5.32 Å². The fourth-order valence-corrected chi connectivity index (χ4v) is 10.1. The number of ketones is 1. The highest BCUT2D eigenvalue weighted by Gasteiger charge is 2.55. The van der Waals surface area contributed by atoms with Gasteiger partial charge in [0, 0.05) is 61.6 Å². The number of aliphatic hydroxyl groups is 4. The van der Waals surface area contributed by atoms with Crippen molar-refractivity contribution in [2.45, 2.75) is 160 Å². The van der Waals surface area contributed by atoms with Crippen LogP contribution in [0, 0.1) is 33.8 Å². The van der Waals surface area contributed by atoms with E-state index < -0.39 is 94.3 Å². The number of fused-ring (bicyclic) bond motifs is 2. The first kappa shape index (κ1) is 51.4. The average Bonchev–Trinajstić information content (AvgIpc) is 3.95. The molecular formula is C46H71N7O13. The van der Waals surface area contributed by atoms with Gasteiger partial charge in [0.25, 0.3) is 5.69 Å². The van der Waals surface area contributed by atoms with E-state index in [0.717, 1.165) is 24.9 Å². The predicted octanol–water partition coefficient (Wildman–Crippen LogP) is 2.53. The third kappa shape index (κ3) is 11.6. The summed E-state index contributed by atoms with van der Waals surface area (Å²) in [5.41, 5.74) is -1.21. The van der Waals surface area contributed by atoms with Gasteiger partial charge >= 0.3 is 5.97 Å². The van der Waals surface area contributed by atoms with Crippen LogP contribution in [0.25, 0.3) is 0 Å². The third-order valence-electron chi connectivity index (χ3n) is 14.3. The Labute approximate surface area is 386 Å². The molecule has 368 valence electrons. The Bertz CT molecular complexity index is 1980. The molecule has 1 aromatic carbocycles. The Kier molecular flexibility index (Phi) is 17.1. The van der Waals surface area contributed by atoms with E-state index >= 15 is 0 Å². The number of likely N-dealkylation sites (N-methyl/N-ethyl adjacent to an activating group) is 1. The summed E-state index contributed by atoms with van der Waals surface area (Å²) in [6, 6.07) is 5.26. The van der Waals surface area contributed by atoms with Crippen molar-refractivity contribution in [1.29, 1.82) is 0 Å². The number of nitrogens with zero attached hydrogens (tertiary/aromatic N) is 6. The van der Waals surface area contributed by atoms with Crippen molar-refractivity contribution in [3.63, 3.8) is 0 Å². The molecular weight excluding hydrogens is 859 g/mol. The maximum Gasteiger partial charge on any atom is 0.316 e. The molecule has 66 heavy (non-hydrogen) atoms. The summed E-state index contributed by atoms with van der Waals surface area (Å²) >= 11 is 0. The second kappa shape index (κ2) is 22.0. The molecule has 0 unspecified atom stereocenters. The summed E-state index contributed by atoms with van der Waals surface area (Å²) in [4.78, 5) is 46.8. The molecule has 20 nitrogen and oxygen atoms in total. The average molecular weight is 930 g/mol. The summed E-state index contributed by atoms with van der Waals surface area (Å²) in [5, 5.41) is 73.6. The number of cyclic esters (lactones) is 1. The van der Waals surface area contributed by atoms with Crippen LogP contribution in [0.5, 0.6) is 0 Å². The zero-order valence-corrected chi connectivity index (χ0v) is 39.5.